The second-order valence-electron chi connectivity index (χ2n) is 3.80. The molecule has 0 aliphatic carbocycles. The number of hydrogen-bond donors (Lipinski definition) is 2. The maximum atomic E-state index is 12.0. The lowest BCUT2D eigenvalue weighted by Gasteiger charge is -2.03. The fourth-order valence-electron chi connectivity index (χ4n) is 1.50. The van der Waals surface area contributed by atoms with E-state index >= 15 is 0 Å². The number of nitrogens with one attached hydrogen (secondary N) is 1. The molecule has 0 aliphatic rings. The van der Waals surface area contributed by atoms with Crippen LogP contribution >= 0.6 is 11.3 Å². The van der Waals surface area contributed by atoms with Gasteiger partial charge in [-0.2, -0.15) is 0 Å². The van der Waals surface area contributed by atoms with Gasteiger partial charge in [0, 0.05) is 11.3 Å². The van der Waals surface area contributed by atoms with Crippen LogP contribution < -0.4 is 11.1 Å². The molecule has 1 amide bonds. The summed E-state index contributed by atoms with van der Waals surface area (Å²) >= 11 is 1.33. The zero-order chi connectivity index (χ0) is 13.7. The summed E-state index contributed by atoms with van der Waals surface area (Å²) in [6, 6.07) is 7.32. The molecule has 96 valence electrons. The lowest BCUT2D eigenvalue weighted by atomic mass is 10.2. The predicted molar refractivity (Wildman–Crippen MR) is 77.2 cm³/mol. The molecule has 0 saturated heterocycles. The standard InChI is InChI=1S/C14H13N3OS/c1-10-13(19-9-16-10)14(18)17-12-6-4-11(5-7-12)3-2-8-15/h4-7,9H,8,15H2,1H3,(H,17,18). The van der Waals surface area contributed by atoms with Gasteiger partial charge in [0.25, 0.3) is 5.91 Å². The molecule has 1 aromatic carbocycles. The number of carbonyl (C=O) groups is 1. The summed E-state index contributed by atoms with van der Waals surface area (Å²) in [7, 11) is 0. The van der Waals surface area contributed by atoms with Gasteiger partial charge in [-0.15, -0.1) is 11.3 Å². The molecule has 2 rings (SSSR count). The summed E-state index contributed by atoms with van der Waals surface area (Å²) in [4.78, 5) is 16.7. The summed E-state index contributed by atoms with van der Waals surface area (Å²) in [5.41, 5.74) is 9.32. The van der Waals surface area contributed by atoms with Gasteiger partial charge in [0.05, 0.1) is 17.7 Å². The van der Waals surface area contributed by atoms with E-state index in [1.165, 1.54) is 11.3 Å². The van der Waals surface area contributed by atoms with Gasteiger partial charge in [-0.25, -0.2) is 4.98 Å². The molecule has 5 heteroatoms. The number of thiazole rings is 1. The minimum absolute atomic E-state index is 0.138. The molecule has 0 bridgehead atoms. The van der Waals surface area contributed by atoms with Crippen molar-refractivity contribution < 1.29 is 4.79 Å². The summed E-state index contributed by atoms with van der Waals surface area (Å²) in [5.74, 6) is 5.57. The minimum Gasteiger partial charge on any atom is -0.321 e. The maximum Gasteiger partial charge on any atom is 0.267 e. The molecule has 0 fully saturated rings. The number of anilines is 1. The number of hydrogen-bond acceptors (Lipinski definition) is 4. The molecule has 0 unspecified atom stereocenters. The highest BCUT2D eigenvalue weighted by molar-refractivity contribution is 7.12. The molecule has 19 heavy (non-hydrogen) atoms. The Morgan fingerprint density at radius 2 is 2.16 bits per heavy atom. The van der Waals surface area contributed by atoms with Gasteiger partial charge in [-0.05, 0) is 31.2 Å². The zero-order valence-electron chi connectivity index (χ0n) is 10.4. The molecule has 0 radical (unpaired) electrons. The van der Waals surface area contributed by atoms with Crippen molar-refractivity contribution in [1.82, 2.24) is 4.98 Å². The Balaban J connectivity index is 2.08. The van der Waals surface area contributed by atoms with Crippen molar-refractivity contribution in [3.63, 3.8) is 0 Å². The first kappa shape index (κ1) is 13.3. The fraction of sp³-hybridized carbons (Fsp3) is 0.143. The van der Waals surface area contributed by atoms with E-state index in [0.29, 0.717) is 11.4 Å². The van der Waals surface area contributed by atoms with Gasteiger partial charge in [-0.1, -0.05) is 11.8 Å². The highest BCUT2D eigenvalue weighted by atomic mass is 32.1. The van der Waals surface area contributed by atoms with Crippen molar-refractivity contribution in [3.8, 4) is 11.8 Å². The van der Waals surface area contributed by atoms with Crippen LogP contribution in [0.5, 0.6) is 0 Å². The number of amides is 1. The van der Waals surface area contributed by atoms with Gasteiger partial charge < -0.3 is 11.1 Å². The third-order valence-electron chi connectivity index (χ3n) is 2.43. The molecule has 4 nitrogen and oxygen atoms in total. The number of carbonyl (C=O) groups excluding carboxylic acids is 1. The van der Waals surface area contributed by atoms with E-state index in [9.17, 15) is 4.79 Å². The first-order valence-corrected chi connectivity index (χ1v) is 6.59. The van der Waals surface area contributed by atoms with E-state index in [1.807, 2.05) is 31.2 Å². The van der Waals surface area contributed by atoms with Crippen LogP contribution in [-0.4, -0.2) is 17.4 Å². The number of nitrogens with zero attached hydrogens (tertiary/aromatic N) is 1. The topological polar surface area (TPSA) is 68.0 Å². The number of benzene rings is 1. The Labute approximate surface area is 115 Å². The highest BCUT2D eigenvalue weighted by Gasteiger charge is 2.11. The van der Waals surface area contributed by atoms with Crippen molar-refractivity contribution in [2.45, 2.75) is 6.92 Å². The SMILES string of the molecule is Cc1ncsc1C(=O)Nc1ccc(C#CCN)cc1. The Bertz CT molecular complexity index is 635. The number of aryl methyl sites for hydroxylation is 1. The van der Waals surface area contributed by atoms with Gasteiger partial charge in [0.15, 0.2) is 0 Å². The molecule has 0 spiro atoms. The first-order valence-electron chi connectivity index (χ1n) is 5.71. The summed E-state index contributed by atoms with van der Waals surface area (Å²) < 4.78 is 0. The minimum atomic E-state index is -0.138. The molecule has 1 aromatic heterocycles. The van der Waals surface area contributed by atoms with Gasteiger partial charge in [-0.3, -0.25) is 4.79 Å². The largest absolute Gasteiger partial charge is 0.321 e. The lowest BCUT2D eigenvalue weighted by Crippen LogP contribution is -2.11. The van der Waals surface area contributed by atoms with E-state index in [2.05, 4.69) is 22.1 Å². The first-order chi connectivity index (χ1) is 9.20. The molecule has 2 aromatic rings. The van der Waals surface area contributed by atoms with Crippen molar-refractivity contribution in [2.75, 3.05) is 11.9 Å². The Morgan fingerprint density at radius 1 is 1.42 bits per heavy atom. The van der Waals surface area contributed by atoms with Crippen LogP contribution in [-0.2, 0) is 0 Å². The smallest absolute Gasteiger partial charge is 0.267 e. The van der Waals surface area contributed by atoms with Crippen molar-refractivity contribution >= 4 is 22.9 Å². The number of rotatable bonds is 2. The van der Waals surface area contributed by atoms with Crippen LogP contribution in [0.15, 0.2) is 29.8 Å². The molecule has 0 aliphatic heterocycles. The Hall–Kier alpha value is -2.16. The maximum absolute atomic E-state index is 12.0. The summed E-state index contributed by atoms with van der Waals surface area (Å²) in [5, 5.41) is 2.83. The van der Waals surface area contributed by atoms with Crippen LogP contribution in [0.3, 0.4) is 0 Å². The predicted octanol–water partition coefficient (Wildman–Crippen LogP) is 2.01. The normalized spacial score (nSPS) is 9.58. The third-order valence-corrected chi connectivity index (χ3v) is 3.36. The van der Waals surface area contributed by atoms with Crippen LogP contribution in [0.2, 0.25) is 0 Å². The van der Waals surface area contributed by atoms with Crippen LogP contribution in [0.25, 0.3) is 0 Å². The Morgan fingerprint density at radius 3 is 2.74 bits per heavy atom. The van der Waals surface area contributed by atoms with E-state index < -0.39 is 0 Å². The fourth-order valence-corrected chi connectivity index (χ4v) is 2.20. The summed E-state index contributed by atoms with van der Waals surface area (Å²) in [6.07, 6.45) is 0. The second kappa shape index (κ2) is 6.14. The van der Waals surface area contributed by atoms with E-state index in [-0.39, 0.29) is 5.91 Å². The molecular formula is C14H13N3OS. The summed E-state index contributed by atoms with van der Waals surface area (Å²) in [6.45, 7) is 2.15. The average Bonchev–Trinajstić information content (AvgIpc) is 2.84. The number of aromatic nitrogens is 1. The molecule has 1 heterocycles. The second-order valence-corrected chi connectivity index (χ2v) is 4.66. The molecule has 3 N–H and O–H groups in total. The van der Waals surface area contributed by atoms with Gasteiger partial charge in [0.1, 0.15) is 4.88 Å². The van der Waals surface area contributed by atoms with Crippen molar-refractivity contribution in [1.29, 1.82) is 0 Å². The van der Waals surface area contributed by atoms with Crippen LogP contribution in [0.4, 0.5) is 5.69 Å². The molecule has 0 saturated carbocycles. The van der Waals surface area contributed by atoms with E-state index in [1.54, 1.807) is 5.51 Å². The zero-order valence-corrected chi connectivity index (χ0v) is 11.3. The average molecular weight is 271 g/mol. The van der Waals surface area contributed by atoms with Crippen molar-refractivity contribution in [3.05, 3.63) is 45.9 Å². The molecular weight excluding hydrogens is 258 g/mol. The van der Waals surface area contributed by atoms with Crippen molar-refractivity contribution in [2.24, 2.45) is 5.73 Å². The quantitative estimate of drug-likeness (QED) is 0.821. The van der Waals surface area contributed by atoms with Crippen LogP contribution in [0.1, 0.15) is 20.9 Å². The highest BCUT2D eigenvalue weighted by Crippen LogP contribution is 2.15. The van der Waals surface area contributed by atoms with E-state index in [4.69, 9.17) is 5.73 Å². The molecule has 0 atom stereocenters. The van der Waals surface area contributed by atoms with Crippen LogP contribution in [0, 0.1) is 18.8 Å². The number of nitrogens with two attached hydrogens (primary N) is 1. The van der Waals surface area contributed by atoms with E-state index in [0.717, 1.165) is 16.9 Å². The third kappa shape index (κ3) is 3.41. The van der Waals surface area contributed by atoms with Gasteiger partial charge in [0.2, 0.25) is 0 Å². The monoisotopic (exact) mass is 271 g/mol. The Kier molecular flexibility index (Phi) is 4.29. The lowest BCUT2D eigenvalue weighted by molar-refractivity contribution is 0.103. The van der Waals surface area contributed by atoms with Gasteiger partial charge >= 0.3 is 0 Å².